The predicted octanol–water partition coefficient (Wildman–Crippen LogP) is 4.68. The summed E-state index contributed by atoms with van der Waals surface area (Å²) < 4.78 is 0. The van der Waals surface area contributed by atoms with Gasteiger partial charge < -0.3 is 10.2 Å². The average Bonchev–Trinajstić information content (AvgIpc) is 3.37. The lowest BCUT2D eigenvalue weighted by Gasteiger charge is -2.25. The van der Waals surface area contributed by atoms with Crippen LogP contribution >= 0.6 is 34.5 Å². The van der Waals surface area contributed by atoms with Gasteiger partial charge in [-0.2, -0.15) is 0 Å². The molecule has 160 valence electrons. The van der Waals surface area contributed by atoms with Crippen molar-refractivity contribution in [3.05, 3.63) is 44.9 Å². The van der Waals surface area contributed by atoms with Crippen LogP contribution in [0.5, 0.6) is 0 Å². The van der Waals surface area contributed by atoms with E-state index in [2.05, 4.69) is 15.2 Å². The second kappa shape index (κ2) is 9.64. The van der Waals surface area contributed by atoms with Crippen molar-refractivity contribution in [2.24, 2.45) is 0 Å². The molecule has 2 amide bonds. The van der Waals surface area contributed by atoms with Crippen LogP contribution in [0.1, 0.15) is 48.2 Å². The van der Waals surface area contributed by atoms with Gasteiger partial charge in [-0.1, -0.05) is 29.6 Å². The van der Waals surface area contributed by atoms with Gasteiger partial charge in [-0.15, -0.1) is 11.3 Å². The quantitative estimate of drug-likeness (QED) is 0.694. The molecule has 0 aliphatic carbocycles. The zero-order valence-electron chi connectivity index (χ0n) is 16.6. The molecule has 1 N–H and O–H groups in total. The first-order valence-electron chi connectivity index (χ1n) is 10.2. The smallest absolute Gasteiger partial charge is 0.254 e. The molecule has 2 aliphatic heterocycles. The van der Waals surface area contributed by atoms with E-state index in [-0.39, 0.29) is 11.8 Å². The van der Waals surface area contributed by atoms with E-state index in [1.165, 1.54) is 30.6 Å². The second-order valence-corrected chi connectivity index (χ2v) is 9.52. The van der Waals surface area contributed by atoms with Crippen LogP contribution in [0, 0.1) is 0 Å². The number of carbonyl (C=O) groups is 2. The number of nitrogens with zero attached hydrogens (tertiary/aromatic N) is 3. The minimum Gasteiger partial charge on any atom is -0.327 e. The molecular weight excluding hydrogens is 443 g/mol. The highest BCUT2D eigenvalue weighted by molar-refractivity contribution is 7.13. The Hall–Kier alpha value is -1.67. The molecule has 9 heteroatoms. The molecule has 0 bridgehead atoms. The number of amides is 2. The summed E-state index contributed by atoms with van der Waals surface area (Å²) in [6.07, 6.45) is 5.16. The number of aromatic nitrogens is 1. The number of carbonyl (C=O) groups excluding carboxylic acids is 2. The van der Waals surface area contributed by atoms with Crippen LogP contribution in [0.4, 0.5) is 5.13 Å². The normalized spacial score (nSPS) is 19.8. The van der Waals surface area contributed by atoms with Gasteiger partial charge in [0.15, 0.2) is 5.13 Å². The fraction of sp³-hybridized carbons (Fsp3) is 0.476. The van der Waals surface area contributed by atoms with Crippen molar-refractivity contribution in [3.8, 4) is 0 Å². The highest BCUT2D eigenvalue weighted by atomic mass is 35.5. The lowest BCUT2D eigenvalue weighted by atomic mass is 10.1. The van der Waals surface area contributed by atoms with Crippen LogP contribution in [0.15, 0.2) is 23.6 Å². The highest BCUT2D eigenvalue weighted by Crippen LogP contribution is 2.26. The number of rotatable bonds is 5. The van der Waals surface area contributed by atoms with Gasteiger partial charge in [0.1, 0.15) is 6.04 Å². The van der Waals surface area contributed by atoms with E-state index in [1.54, 1.807) is 23.1 Å². The summed E-state index contributed by atoms with van der Waals surface area (Å²) in [5, 5.41) is 6.28. The third-order valence-corrected chi connectivity index (χ3v) is 6.78. The van der Waals surface area contributed by atoms with Gasteiger partial charge in [-0.3, -0.25) is 14.5 Å². The summed E-state index contributed by atoms with van der Waals surface area (Å²) in [6, 6.07) is 4.22. The van der Waals surface area contributed by atoms with Gasteiger partial charge in [0.05, 0.1) is 5.69 Å². The number of thiazole rings is 1. The van der Waals surface area contributed by atoms with Crippen LogP contribution in [0.25, 0.3) is 0 Å². The van der Waals surface area contributed by atoms with E-state index >= 15 is 0 Å². The number of halogens is 2. The van der Waals surface area contributed by atoms with Gasteiger partial charge in [-0.05, 0) is 57.0 Å². The molecular formula is C21H24Cl2N4O2S. The SMILES string of the molecule is O=C(Nc1nc(CN2CCCCC2)cs1)C1CCCN1C(=O)c1cc(Cl)cc(Cl)c1. The van der Waals surface area contributed by atoms with Crippen molar-refractivity contribution in [1.29, 1.82) is 0 Å². The maximum atomic E-state index is 13.0. The van der Waals surface area contributed by atoms with Crippen LogP contribution in [-0.2, 0) is 11.3 Å². The number of hydrogen-bond acceptors (Lipinski definition) is 5. The fourth-order valence-electron chi connectivity index (χ4n) is 4.10. The summed E-state index contributed by atoms with van der Waals surface area (Å²) in [5.74, 6) is -0.435. The van der Waals surface area contributed by atoms with E-state index in [0.717, 1.165) is 31.7 Å². The number of hydrogen-bond donors (Lipinski definition) is 1. The van der Waals surface area contributed by atoms with E-state index in [0.29, 0.717) is 33.7 Å². The Morgan fingerprint density at radius 1 is 1.07 bits per heavy atom. The lowest BCUT2D eigenvalue weighted by Crippen LogP contribution is -2.43. The molecule has 30 heavy (non-hydrogen) atoms. The van der Waals surface area contributed by atoms with E-state index in [1.807, 2.05) is 5.38 Å². The van der Waals surface area contributed by atoms with E-state index in [9.17, 15) is 9.59 Å². The first-order chi connectivity index (χ1) is 14.5. The summed E-state index contributed by atoms with van der Waals surface area (Å²) in [6.45, 7) is 3.55. The van der Waals surface area contributed by atoms with Crippen molar-refractivity contribution in [1.82, 2.24) is 14.8 Å². The largest absolute Gasteiger partial charge is 0.327 e. The minimum absolute atomic E-state index is 0.201. The number of anilines is 1. The molecule has 2 fully saturated rings. The summed E-state index contributed by atoms with van der Waals surface area (Å²) in [4.78, 5) is 34.4. The van der Waals surface area contributed by atoms with Crippen molar-refractivity contribution < 1.29 is 9.59 Å². The Labute approximate surface area is 190 Å². The van der Waals surface area contributed by atoms with Crippen molar-refractivity contribution in [2.75, 3.05) is 25.0 Å². The zero-order valence-corrected chi connectivity index (χ0v) is 18.9. The fourth-order valence-corrected chi connectivity index (χ4v) is 5.33. The molecule has 2 aliphatic rings. The Balaban J connectivity index is 1.39. The summed E-state index contributed by atoms with van der Waals surface area (Å²) in [5.41, 5.74) is 1.37. The molecule has 3 heterocycles. The first kappa shape index (κ1) is 21.6. The van der Waals surface area contributed by atoms with E-state index < -0.39 is 6.04 Å². The molecule has 0 radical (unpaired) electrons. The van der Waals surface area contributed by atoms with Gasteiger partial charge in [0.25, 0.3) is 5.91 Å². The van der Waals surface area contributed by atoms with Gasteiger partial charge in [0, 0.05) is 34.1 Å². The third kappa shape index (κ3) is 5.14. The standard InChI is InChI=1S/C21H24Cl2N4O2S/c22-15-9-14(10-16(23)11-15)20(29)27-8-4-5-18(27)19(28)25-21-24-17(13-30-21)12-26-6-2-1-3-7-26/h9-11,13,18H,1-8,12H2,(H,24,25,28). The number of piperidine rings is 1. The molecule has 1 atom stereocenters. The molecule has 4 rings (SSSR count). The molecule has 1 aromatic carbocycles. The Morgan fingerprint density at radius 2 is 1.80 bits per heavy atom. The number of nitrogens with one attached hydrogen (secondary N) is 1. The molecule has 0 spiro atoms. The molecule has 1 aromatic heterocycles. The topological polar surface area (TPSA) is 65.5 Å². The van der Waals surface area contributed by atoms with Crippen molar-refractivity contribution in [3.63, 3.8) is 0 Å². The number of likely N-dealkylation sites (tertiary alicyclic amines) is 2. The summed E-state index contributed by atoms with van der Waals surface area (Å²) >= 11 is 13.5. The molecule has 1 unspecified atom stereocenters. The Kier molecular flexibility index (Phi) is 6.93. The second-order valence-electron chi connectivity index (χ2n) is 7.78. The maximum absolute atomic E-state index is 13.0. The van der Waals surface area contributed by atoms with Crippen molar-refractivity contribution in [2.45, 2.75) is 44.7 Å². The molecule has 6 nitrogen and oxygen atoms in total. The Bertz CT molecular complexity index is 909. The number of benzene rings is 1. The monoisotopic (exact) mass is 466 g/mol. The van der Waals surface area contributed by atoms with Gasteiger partial charge >= 0.3 is 0 Å². The van der Waals surface area contributed by atoms with E-state index in [4.69, 9.17) is 23.2 Å². The zero-order chi connectivity index (χ0) is 21.1. The minimum atomic E-state index is -0.523. The molecule has 2 aromatic rings. The third-order valence-electron chi connectivity index (χ3n) is 5.54. The molecule has 2 saturated heterocycles. The predicted molar refractivity (Wildman–Crippen MR) is 120 cm³/mol. The van der Waals surface area contributed by atoms with Gasteiger partial charge in [0.2, 0.25) is 5.91 Å². The van der Waals surface area contributed by atoms with Crippen LogP contribution in [0.3, 0.4) is 0 Å². The first-order valence-corrected chi connectivity index (χ1v) is 11.9. The Morgan fingerprint density at radius 3 is 2.53 bits per heavy atom. The van der Waals surface area contributed by atoms with Gasteiger partial charge in [-0.25, -0.2) is 4.98 Å². The molecule has 0 saturated carbocycles. The highest BCUT2D eigenvalue weighted by Gasteiger charge is 2.35. The van der Waals surface area contributed by atoms with Crippen LogP contribution < -0.4 is 5.32 Å². The lowest BCUT2D eigenvalue weighted by molar-refractivity contribution is -0.119. The average molecular weight is 467 g/mol. The van der Waals surface area contributed by atoms with Crippen LogP contribution in [0.2, 0.25) is 10.0 Å². The maximum Gasteiger partial charge on any atom is 0.254 e. The van der Waals surface area contributed by atoms with Crippen LogP contribution in [-0.4, -0.2) is 52.3 Å². The summed E-state index contributed by atoms with van der Waals surface area (Å²) in [7, 11) is 0. The van der Waals surface area contributed by atoms with Crippen molar-refractivity contribution >= 4 is 51.5 Å².